The first-order valence-electron chi connectivity index (χ1n) is 8.42. The lowest BCUT2D eigenvalue weighted by Crippen LogP contribution is -2.22. The Balaban J connectivity index is 1.74. The summed E-state index contributed by atoms with van der Waals surface area (Å²) >= 11 is 13.0. The summed E-state index contributed by atoms with van der Waals surface area (Å²) in [5.74, 6) is -1.56. The highest BCUT2D eigenvalue weighted by Crippen LogP contribution is 2.42. The van der Waals surface area contributed by atoms with Crippen LogP contribution < -0.4 is 20.2 Å². The van der Waals surface area contributed by atoms with Crippen LogP contribution in [0.1, 0.15) is 20.7 Å². The van der Waals surface area contributed by atoms with E-state index in [-0.39, 0.29) is 54.9 Å². The SMILES string of the molecule is O=C(O)c1ccc2c(c1)Oc1c(Cl)c3c(c(Cl)c1=N2)Oc1cc(C(=O)O)ccc1N=3. The highest BCUT2D eigenvalue weighted by molar-refractivity contribution is 6.35. The van der Waals surface area contributed by atoms with E-state index in [0.29, 0.717) is 11.4 Å². The topological polar surface area (TPSA) is 118 Å². The summed E-state index contributed by atoms with van der Waals surface area (Å²) in [7, 11) is 0. The number of halogens is 2. The molecule has 0 aliphatic carbocycles. The molecule has 0 aromatic heterocycles. The maximum absolute atomic E-state index is 11.2. The van der Waals surface area contributed by atoms with Gasteiger partial charge in [0, 0.05) is 0 Å². The van der Waals surface area contributed by atoms with E-state index in [1.807, 2.05) is 0 Å². The van der Waals surface area contributed by atoms with Gasteiger partial charge >= 0.3 is 11.9 Å². The van der Waals surface area contributed by atoms with Gasteiger partial charge in [-0.25, -0.2) is 19.6 Å². The van der Waals surface area contributed by atoms with Gasteiger partial charge in [0.2, 0.25) is 0 Å². The number of carbonyl (C=O) groups is 2. The average molecular weight is 443 g/mol. The lowest BCUT2D eigenvalue weighted by Gasteiger charge is -2.21. The fourth-order valence-corrected chi connectivity index (χ4v) is 3.62. The second-order valence-corrected chi connectivity index (χ2v) is 7.14. The minimum absolute atomic E-state index is 0.0313. The zero-order valence-electron chi connectivity index (χ0n) is 14.6. The van der Waals surface area contributed by atoms with E-state index in [0.717, 1.165) is 0 Å². The largest absolute Gasteiger partial charge is 0.478 e. The molecule has 0 radical (unpaired) electrons. The number of aromatic carboxylic acids is 2. The van der Waals surface area contributed by atoms with Crippen molar-refractivity contribution in [2.45, 2.75) is 0 Å². The number of carboxylic acid groups (broad SMARTS) is 2. The molecule has 5 rings (SSSR count). The van der Waals surface area contributed by atoms with Gasteiger partial charge in [0.1, 0.15) is 32.1 Å². The van der Waals surface area contributed by atoms with Gasteiger partial charge in [0.15, 0.2) is 23.0 Å². The standard InChI is InChI=1S/C20H8Cl2N2O6/c21-13-15-17(29-11-5-7(19(25)26)1-3-9(11)23-15)14(22)16-18(13)30-12-6-8(20(27)28)2-4-10(12)24-16/h1-6H,(H,25,26)(H,27,28). The van der Waals surface area contributed by atoms with Gasteiger partial charge in [-0.1, -0.05) is 23.2 Å². The maximum atomic E-state index is 11.2. The molecule has 0 amide bonds. The fourth-order valence-electron chi connectivity index (χ4n) is 3.11. The van der Waals surface area contributed by atoms with Crippen LogP contribution in [0.4, 0.5) is 11.4 Å². The van der Waals surface area contributed by atoms with E-state index < -0.39 is 11.9 Å². The zero-order chi connectivity index (χ0) is 21.2. The number of carboxylic acids is 2. The monoisotopic (exact) mass is 442 g/mol. The third kappa shape index (κ3) is 2.69. The van der Waals surface area contributed by atoms with Crippen molar-refractivity contribution in [2.24, 2.45) is 9.98 Å². The van der Waals surface area contributed by atoms with Gasteiger partial charge in [0.25, 0.3) is 0 Å². The quantitative estimate of drug-likeness (QED) is 0.415. The average Bonchev–Trinajstić information content (AvgIpc) is 2.74. The van der Waals surface area contributed by atoms with Crippen LogP contribution in [-0.2, 0) is 0 Å². The molecular formula is C20H8Cl2N2O6. The van der Waals surface area contributed by atoms with Crippen molar-refractivity contribution in [3.05, 3.63) is 68.3 Å². The molecule has 2 heterocycles. The summed E-state index contributed by atoms with van der Waals surface area (Å²) in [5.41, 5.74) is 0.797. The number of nitrogens with zero attached hydrogens (tertiary/aromatic N) is 2. The number of benzene rings is 3. The molecule has 3 aromatic carbocycles. The van der Waals surface area contributed by atoms with Crippen LogP contribution >= 0.6 is 23.2 Å². The van der Waals surface area contributed by atoms with Crippen LogP contribution in [0, 0.1) is 0 Å². The van der Waals surface area contributed by atoms with Crippen molar-refractivity contribution in [2.75, 3.05) is 0 Å². The summed E-state index contributed by atoms with van der Waals surface area (Å²) in [6.07, 6.45) is 0. The molecule has 30 heavy (non-hydrogen) atoms. The fraction of sp³-hybridized carbons (Fsp3) is 0. The van der Waals surface area contributed by atoms with Crippen molar-refractivity contribution >= 4 is 46.5 Å². The Morgan fingerprint density at radius 2 is 1.13 bits per heavy atom. The van der Waals surface area contributed by atoms with Crippen LogP contribution in [0.5, 0.6) is 23.0 Å². The highest BCUT2D eigenvalue weighted by atomic mass is 35.5. The Bertz CT molecular complexity index is 1330. The Labute approximate surface area is 177 Å². The number of rotatable bonds is 2. The summed E-state index contributed by atoms with van der Waals surface area (Å²) in [5, 5.41) is 18.9. The number of fused-ring (bicyclic) bond motifs is 4. The Kier molecular flexibility index (Phi) is 3.96. The molecule has 0 atom stereocenters. The minimum atomic E-state index is -1.11. The van der Waals surface area contributed by atoms with Gasteiger partial charge in [-0.05, 0) is 36.4 Å². The van der Waals surface area contributed by atoms with E-state index >= 15 is 0 Å². The van der Waals surface area contributed by atoms with E-state index in [2.05, 4.69) is 9.98 Å². The predicted octanol–water partition coefficient (Wildman–Crippen LogP) is 4.50. The molecule has 2 N–H and O–H groups in total. The molecule has 0 fully saturated rings. The third-order valence-corrected chi connectivity index (χ3v) is 5.25. The van der Waals surface area contributed by atoms with Crippen LogP contribution in [0.2, 0.25) is 10.0 Å². The summed E-state index contributed by atoms with van der Waals surface area (Å²) in [4.78, 5) is 31.3. The minimum Gasteiger partial charge on any atom is -0.478 e. The van der Waals surface area contributed by atoms with E-state index in [1.165, 1.54) is 36.4 Å². The molecule has 148 valence electrons. The normalized spacial score (nSPS) is 12.6. The molecule has 0 saturated heterocycles. The first kappa shape index (κ1) is 18.4. The smallest absolute Gasteiger partial charge is 0.335 e. The number of hydrogen-bond donors (Lipinski definition) is 2. The van der Waals surface area contributed by atoms with E-state index in [9.17, 15) is 19.8 Å². The van der Waals surface area contributed by atoms with Crippen LogP contribution in [-0.4, -0.2) is 22.2 Å². The van der Waals surface area contributed by atoms with Crippen molar-refractivity contribution < 1.29 is 29.3 Å². The Morgan fingerprint density at radius 3 is 1.50 bits per heavy atom. The molecule has 2 aliphatic rings. The van der Waals surface area contributed by atoms with Gasteiger partial charge in [-0.3, -0.25) is 0 Å². The molecule has 0 saturated carbocycles. The predicted molar refractivity (Wildman–Crippen MR) is 105 cm³/mol. The van der Waals surface area contributed by atoms with Crippen molar-refractivity contribution in [1.82, 2.24) is 0 Å². The number of hydrogen-bond acceptors (Lipinski definition) is 6. The van der Waals surface area contributed by atoms with Crippen LogP contribution in [0.15, 0.2) is 46.4 Å². The van der Waals surface area contributed by atoms with Gasteiger partial charge < -0.3 is 19.7 Å². The van der Waals surface area contributed by atoms with Crippen LogP contribution in [0.25, 0.3) is 0 Å². The lowest BCUT2D eigenvalue weighted by molar-refractivity contribution is 0.0686. The molecule has 10 heteroatoms. The summed E-state index contributed by atoms with van der Waals surface area (Å²) in [6, 6.07) is 8.44. The first-order chi connectivity index (χ1) is 14.3. The second-order valence-electron chi connectivity index (χ2n) is 6.39. The second kappa shape index (κ2) is 6.45. The molecule has 0 bridgehead atoms. The molecule has 0 unspecified atom stereocenters. The van der Waals surface area contributed by atoms with Crippen LogP contribution in [0.3, 0.4) is 0 Å². The third-order valence-electron chi connectivity index (χ3n) is 4.55. The molecule has 8 nitrogen and oxygen atoms in total. The first-order valence-corrected chi connectivity index (χ1v) is 9.18. The molecule has 2 aliphatic heterocycles. The van der Waals surface area contributed by atoms with Gasteiger partial charge in [-0.15, -0.1) is 0 Å². The van der Waals surface area contributed by atoms with E-state index in [1.54, 1.807) is 0 Å². The van der Waals surface area contributed by atoms with Gasteiger partial charge in [0.05, 0.1) is 11.1 Å². The van der Waals surface area contributed by atoms with E-state index in [4.69, 9.17) is 32.7 Å². The molecular weight excluding hydrogens is 435 g/mol. The molecule has 0 spiro atoms. The number of ether oxygens (including phenoxy) is 2. The zero-order valence-corrected chi connectivity index (χ0v) is 16.2. The highest BCUT2D eigenvalue weighted by Gasteiger charge is 2.27. The Hall–Kier alpha value is -3.62. The van der Waals surface area contributed by atoms with Gasteiger partial charge in [-0.2, -0.15) is 0 Å². The lowest BCUT2D eigenvalue weighted by atomic mass is 10.1. The Morgan fingerprint density at radius 1 is 0.733 bits per heavy atom. The van der Waals surface area contributed by atoms with Crippen molar-refractivity contribution in [3.63, 3.8) is 0 Å². The maximum Gasteiger partial charge on any atom is 0.335 e. The summed E-state index contributed by atoms with van der Waals surface area (Å²) < 4.78 is 11.6. The molecule has 3 aromatic rings. The van der Waals surface area contributed by atoms with Crippen molar-refractivity contribution in [1.29, 1.82) is 0 Å². The summed E-state index contributed by atoms with van der Waals surface area (Å²) in [6.45, 7) is 0. The van der Waals surface area contributed by atoms with Crippen molar-refractivity contribution in [3.8, 4) is 23.0 Å².